The van der Waals surface area contributed by atoms with Crippen molar-refractivity contribution in [3.05, 3.63) is 65.2 Å². The van der Waals surface area contributed by atoms with E-state index in [1.807, 2.05) is 0 Å². The first-order chi connectivity index (χ1) is 13.1. The summed E-state index contributed by atoms with van der Waals surface area (Å²) in [5, 5.41) is 0. The van der Waals surface area contributed by atoms with Gasteiger partial charge in [0.05, 0.1) is 17.7 Å². The summed E-state index contributed by atoms with van der Waals surface area (Å²) in [5.74, 6) is -0.0267. The summed E-state index contributed by atoms with van der Waals surface area (Å²) in [7, 11) is 0. The number of hydrogen-bond acceptors (Lipinski definition) is 6. The van der Waals surface area contributed by atoms with Gasteiger partial charge in [-0.2, -0.15) is 0 Å². The zero-order chi connectivity index (χ0) is 18.8. The van der Waals surface area contributed by atoms with Gasteiger partial charge in [-0.25, -0.2) is 4.79 Å². The van der Waals surface area contributed by atoms with Crippen LogP contribution in [0, 0.1) is 0 Å². The lowest BCUT2D eigenvalue weighted by Crippen LogP contribution is -2.33. The van der Waals surface area contributed by atoms with Crippen LogP contribution in [0.15, 0.2) is 48.5 Å². The average Bonchev–Trinajstić information content (AvgIpc) is 3.25. The predicted octanol–water partition coefficient (Wildman–Crippen LogP) is 2.27. The summed E-state index contributed by atoms with van der Waals surface area (Å²) in [6.45, 7) is 0.119. The summed E-state index contributed by atoms with van der Waals surface area (Å²) in [4.78, 5) is 37.4. The van der Waals surface area contributed by atoms with Gasteiger partial charge in [-0.15, -0.1) is 0 Å². The fourth-order valence-corrected chi connectivity index (χ4v) is 2.91. The highest BCUT2D eigenvalue weighted by atomic mass is 16.7. The third-order valence-electron chi connectivity index (χ3n) is 4.25. The Balaban J connectivity index is 1.30. The molecule has 2 aliphatic heterocycles. The Bertz CT molecular complexity index is 930. The van der Waals surface area contributed by atoms with Gasteiger partial charge < -0.3 is 14.2 Å². The van der Waals surface area contributed by atoms with Crippen molar-refractivity contribution in [2.75, 3.05) is 19.9 Å². The lowest BCUT2D eigenvalue weighted by atomic mass is 10.1. The zero-order valence-electron chi connectivity index (χ0n) is 14.2. The maximum Gasteiger partial charge on any atom is 0.330 e. The maximum atomic E-state index is 12.2. The highest BCUT2D eigenvalue weighted by Crippen LogP contribution is 2.32. The molecule has 0 fully saturated rings. The number of esters is 1. The Hall–Kier alpha value is -3.61. The van der Waals surface area contributed by atoms with Gasteiger partial charge in [-0.1, -0.05) is 18.2 Å². The molecule has 4 rings (SSSR count). The minimum atomic E-state index is -0.565. The van der Waals surface area contributed by atoms with Crippen molar-refractivity contribution in [1.29, 1.82) is 0 Å². The molecule has 2 aromatic carbocycles. The first-order valence-corrected chi connectivity index (χ1v) is 8.33. The largest absolute Gasteiger partial charge is 0.461 e. The molecule has 0 aliphatic carbocycles. The highest BCUT2D eigenvalue weighted by Gasteiger charge is 2.34. The van der Waals surface area contributed by atoms with Gasteiger partial charge >= 0.3 is 5.97 Å². The van der Waals surface area contributed by atoms with E-state index in [-0.39, 0.29) is 31.8 Å². The molecule has 0 radical (unpaired) electrons. The van der Waals surface area contributed by atoms with E-state index in [9.17, 15) is 14.4 Å². The number of rotatable bonds is 5. The second-order valence-corrected chi connectivity index (χ2v) is 5.92. The molecule has 7 heteroatoms. The van der Waals surface area contributed by atoms with Crippen molar-refractivity contribution in [1.82, 2.24) is 4.90 Å². The van der Waals surface area contributed by atoms with Crippen molar-refractivity contribution >= 4 is 23.9 Å². The number of benzene rings is 2. The fourth-order valence-electron chi connectivity index (χ4n) is 2.91. The van der Waals surface area contributed by atoms with Crippen LogP contribution in [0.2, 0.25) is 0 Å². The highest BCUT2D eigenvalue weighted by molar-refractivity contribution is 6.21. The summed E-state index contributed by atoms with van der Waals surface area (Å²) >= 11 is 0. The van der Waals surface area contributed by atoms with Crippen LogP contribution < -0.4 is 9.47 Å². The quantitative estimate of drug-likeness (QED) is 0.459. The van der Waals surface area contributed by atoms with E-state index in [4.69, 9.17) is 14.2 Å². The van der Waals surface area contributed by atoms with Gasteiger partial charge in [0.25, 0.3) is 11.8 Å². The lowest BCUT2D eigenvalue weighted by molar-refractivity contribution is -0.137. The molecule has 136 valence electrons. The number of amides is 2. The first kappa shape index (κ1) is 16.8. The van der Waals surface area contributed by atoms with Crippen LogP contribution in [0.1, 0.15) is 26.3 Å². The minimum Gasteiger partial charge on any atom is -0.461 e. The molecular weight excluding hydrogens is 350 g/mol. The van der Waals surface area contributed by atoms with Gasteiger partial charge in [0, 0.05) is 6.08 Å². The molecule has 0 saturated heterocycles. The molecule has 2 aliphatic rings. The van der Waals surface area contributed by atoms with E-state index in [1.165, 1.54) is 6.08 Å². The summed E-state index contributed by atoms with van der Waals surface area (Å²) < 4.78 is 15.6. The number of hydrogen-bond donors (Lipinski definition) is 0. The monoisotopic (exact) mass is 365 g/mol. The van der Waals surface area contributed by atoms with Crippen LogP contribution in [-0.4, -0.2) is 42.6 Å². The molecule has 0 bridgehead atoms. The zero-order valence-corrected chi connectivity index (χ0v) is 14.2. The molecule has 2 amide bonds. The van der Waals surface area contributed by atoms with Crippen molar-refractivity contribution in [2.24, 2.45) is 0 Å². The van der Waals surface area contributed by atoms with Gasteiger partial charge in [-0.05, 0) is 35.9 Å². The molecule has 7 nitrogen and oxygen atoms in total. The Morgan fingerprint density at radius 1 is 1.04 bits per heavy atom. The maximum absolute atomic E-state index is 12.2. The van der Waals surface area contributed by atoms with Crippen molar-refractivity contribution < 1.29 is 28.6 Å². The topological polar surface area (TPSA) is 82.1 Å². The second kappa shape index (κ2) is 6.95. The number of imide groups is 1. The summed E-state index contributed by atoms with van der Waals surface area (Å²) in [6.07, 6.45) is 2.87. The first-order valence-electron chi connectivity index (χ1n) is 8.33. The Morgan fingerprint density at radius 2 is 1.74 bits per heavy atom. The molecular formula is C20H15NO6. The SMILES string of the molecule is O=C(C=Cc1ccc2c(c1)OCO2)OCCN1C(=O)c2ccccc2C1=O. The molecule has 2 heterocycles. The van der Waals surface area contributed by atoms with Crippen LogP contribution in [0.3, 0.4) is 0 Å². The van der Waals surface area contributed by atoms with E-state index >= 15 is 0 Å². The van der Waals surface area contributed by atoms with Gasteiger partial charge in [0.2, 0.25) is 6.79 Å². The van der Waals surface area contributed by atoms with E-state index < -0.39 is 5.97 Å². The molecule has 0 spiro atoms. The van der Waals surface area contributed by atoms with Gasteiger partial charge in [-0.3, -0.25) is 14.5 Å². The second-order valence-electron chi connectivity index (χ2n) is 5.92. The molecule has 2 aromatic rings. The average molecular weight is 365 g/mol. The number of carbonyl (C=O) groups is 3. The third-order valence-corrected chi connectivity index (χ3v) is 4.25. The molecule has 0 unspecified atom stereocenters. The van der Waals surface area contributed by atoms with Gasteiger partial charge in [0.15, 0.2) is 11.5 Å². The molecule has 0 aromatic heterocycles. The molecule has 27 heavy (non-hydrogen) atoms. The standard InChI is InChI=1S/C20H15NO6/c22-18(8-6-13-5-7-16-17(11-13)27-12-26-16)25-10-9-21-19(23)14-3-1-2-4-15(14)20(21)24/h1-8,11H,9-10,12H2. The Morgan fingerprint density at radius 3 is 2.48 bits per heavy atom. The van der Waals surface area contributed by atoms with E-state index in [0.717, 1.165) is 10.5 Å². The van der Waals surface area contributed by atoms with Gasteiger partial charge in [0.1, 0.15) is 6.61 Å². The van der Waals surface area contributed by atoms with Crippen molar-refractivity contribution in [3.8, 4) is 11.5 Å². The molecule has 0 saturated carbocycles. The summed E-state index contributed by atoms with van der Waals surface area (Å²) in [6, 6.07) is 11.9. The van der Waals surface area contributed by atoms with E-state index in [0.29, 0.717) is 22.6 Å². The normalized spacial score (nSPS) is 14.7. The number of fused-ring (bicyclic) bond motifs is 2. The number of nitrogens with zero attached hydrogens (tertiary/aromatic N) is 1. The van der Waals surface area contributed by atoms with Crippen molar-refractivity contribution in [2.45, 2.75) is 0 Å². The van der Waals surface area contributed by atoms with Crippen LogP contribution >= 0.6 is 0 Å². The van der Waals surface area contributed by atoms with E-state index in [1.54, 1.807) is 48.5 Å². The smallest absolute Gasteiger partial charge is 0.330 e. The van der Waals surface area contributed by atoms with Crippen LogP contribution in [0.4, 0.5) is 0 Å². The lowest BCUT2D eigenvalue weighted by Gasteiger charge is -2.13. The van der Waals surface area contributed by atoms with Crippen LogP contribution in [-0.2, 0) is 9.53 Å². The number of carbonyl (C=O) groups excluding carboxylic acids is 3. The fraction of sp³-hybridized carbons (Fsp3) is 0.150. The summed E-state index contributed by atoms with van der Waals surface area (Å²) in [5.41, 5.74) is 1.50. The molecule has 0 N–H and O–H groups in total. The number of ether oxygens (including phenoxy) is 3. The van der Waals surface area contributed by atoms with Crippen LogP contribution in [0.5, 0.6) is 11.5 Å². The van der Waals surface area contributed by atoms with Crippen molar-refractivity contribution in [3.63, 3.8) is 0 Å². The minimum absolute atomic E-state index is 0.00987. The Labute approximate surface area is 154 Å². The third kappa shape index (κ3) is 3.27. The van der Waals surface area contributed by atoms with E-state index in [2.05, 4.69) is 0 Å². The predicted molar refractivity (Wildman–Crippen MR) is 94.4 cm³/mol. The molecule has 0 atom stereocenters. The van der Waals surface area contributed by atoms with Crippen LogP contribution in [0.25, 0.3) is 6.08 Å². The Kier molecular flexibility index (Phi) is 4.33.